The van der Waals surface area contributed by atoms with Gasteiger partial charge in [-0.25, -0.2) is 4.68 Å². The summed E-state index contributed by atoms with van der Waals surface area (Å²) in [5.41, 5.74) is 2.13. The largest absolute Gasteiger partial charge is 0.287 e. The van der Waals surface area contributed by atoms with E-state index in [9.17, 15) is 4.79 Å². The Bertz CT molecular complexity index is 573. The number of aryl methyl sites for hydroxylation is 2. The van der Waals surface area contributed by atoms with Gasteiger partial charge in [-0.2, -0.15) is 0 Å². The first-order valence-electron chi connectivity index (χ1n) is 4.86. The van der Waals surface area contributed by atoms with Gasteiger partial charge < -0.3 is 0 Å². The van der Waals surface area contributed by atoms with Crippen molar-refractivity contribution in [3.63, 3.8) is 0 Å². The topological polar surface area (TPSA) is 47.8 Å². The maximum absolute atomic E-state index is 12.3. The molecule has 1 heterocycles. The second kappa shape index (κ2) is 4.70. The molecule has 0 saturated carbocycles. The van der Waals surface area contributed by atoms with Crippen molar-refractivity contribution in [2.75, 3.05) is 0 Å². The van der Waals surface area contributed by atoms with Gasteiger partial charge in [0.2, 0.25) is 5.78 Å². The number of halogens is 2. The van der Waals surface area contributed by atoms with E-state index in [0.717, 1.165) is 10.0 Å². The van der Waals surface area contributed by atoms with Crippen LogP contribution in [-0.4, -0.2) is 20.8 Å². The SMILES string of the molecule is Cc1ccc(C(=O)c2c(Br)nnn2C)c(Br)c1. The monoisotopic (exact) mass is 357 g/mol. The highest BCUT2D eigenvalue weighted by molar-refractivity contribution is 9.10. The molecule has 2 rings (SSSR count). The van der Waals surface area contributed by atoms with E-state index in [0.29, 0.717) is 15.9 Å². The molecule has 0 amide bonds. The van der Waals surface area contributed by atoms with Crippen LogP contribution in [0.15, 0.2) is 27.3 Å². The third kappa shape index (κ3) is 2.32. The summed E-state index contributed by atoms with van der Waals surface area (Å²) in [7, 11) is 1.69. The Morgan fingerprint density at radius 3 is 2.59 bits per heavy atom. The number of hydrogen-bond acceptors (Lipinski definition) is 3. The van der Waals surface area contributed by atoms with Gasteiger partial charge in [-0.15, -0.1) is 5.10 Å². The van der Waals surface area contributed by atoms with Gasteiger partial charge in [0, 0.05) is 17.1 Å². The molecule has 0 fully saturated rings. The minimum atomic E-state index is -0.115. The van der Waals surface area contributed by atoms with Crippen LogP contribution in [-0.2, 0) is 7.05 Å². The van der Waals surface area contributed by atoms with Crippen LogP contribution < -0.4 is 0 Å². The molecule has 0 N–H and O–H groups in total. The highest BCUT2D eigenvalue weighted by atomic mass is 79.9. The summed E-state index contributed by atoms with van der Waals surface area (Å²) >= 11 is 6.62. The summed E-state index contributed by atoms with van der Waals surface area (Å²) in [4.78, 5) is 12.3. The van der Waals surface area contributed by atoms with E-state index in [1.54, 1.807) is 13.1 Å². The van der Waals surface area contributed by atoms with Gasteiger partial charge in [0.15, 0.2) is 4.60 Å². The fourth-order valence-corrected chi connectivity index (χ4v) is 2.69. The van der Waals surface area contributed by atoms with E-state index < -0.39 is 0 Å². The molecule has 4 nitrogen and oxygen atoms in total. The summed E-state index contributed by atoms with van der Waals surface area (Å²) in [5.74, 6) is -0.115. The van der Waals surface area contributed by atoms with Crippen LogP contribution in [0, 0.1) is 6.92 Å². The summed E-state index contributed by atoms with van der Waals surface area (Å²) in [5, 5.41) is 7.60. The highest BCUT2D eigenvalue weighted by Gasteiger charge is 2.20. The van der Waals surface area contributed by atoms with E-state index in [2.05, 4.69) is 42.2 Å². The first kappa shape index (κ1) is 12.4. The van der Waals surface area contributed by atoms with E-state index in [1.807, 2.05) is 19.1 Å². The Kier molecular flexibility index (Phi) is 3.44. The van der Waals surface area contributed by atoms with Crippen LogP contribution in [0.25, 0.3) is 0 Å². The van der Waals surface area contributed by atoms with Gasteiger partial charge in [-0.1, -0.05) is 27.2 Å². The third-order valence-electron chi connectivity index (χ3n) is 2.37. The quantitative estimate of drug-likeness (QED) is 0.775. The van der Waals surface area contributed by atoms with Crippen molar-refractivity contribution in [2.24, 2.45) is 7.05 Å². The molecule has 1 aromatic heterocycles. The number of benzene rings is 1. The van der Waals surface area contributed by atoms with Crippen molar-refractivity contribution in [3.8, 4) is 0 Å². The molecule has 6 heteroatoms. The Hall–Kier alpha value is -1.01. The van der Waals surface area contributed by atoms with Gasteiger partial charge in [-0.05, 0) is 40.5 Å². The predicted molar refractivity (Wildman–Crippen MR) is 71.0 cm³/mol. The Balaban J connectivity index is 2.51. The Morgan fingerprint density at radius 1 is 1.35 bits per heavy atom. The molecule has 0 unspecified atom stereocenters. The normalized spacial score (nSPS) is 10.6. The minimum absolute atomic E-state index is 0.115. The highest BCUT2D eigenvalue weighted by Crippen LogP contribution is 2.23. The minimum Gasteiger partial charge on any atom is -0.287 e. The number of carbonyl (C=O) groups is 1. The molecule has 0 aliphatic heterocycles. The van der Waals surface area contributed by atoms with Crippen molar-refractivity contribution in [3.05, 3.63) is 44.1 Å². The lowest BCUT2D eigenvalue weighted by molar-refractivity contribution is 0.102. The average molecular weight is 359 g/mol. The second-order valence-corrected chi connectivity index (χ2v) is 5.27. The molecule has 0 aliphatic rings. The zero-order valence-corrected chi connectivity index (χ0v) is 12.4. The van der Waals surface area contributed by atoms with Crippen LogP contribution in [0.2, 0.25) is 0 Å². The van der Waals surface area contributed by atoms with Gasteiger partial charge in [0.05, 0.1) is 0 Å². The van der Waals surface area contributed by atoms with Crippen molar-refractivity contribution in [1.29, 1.82) is 0 Å². The van der Waals surface area contributed by atoms with Gasteiger partial charge >= 0.3 is 0 Å². The predicted octanol–water partition coefficient (Wildman–Crippen LogP) is 2.88. The summed E-state index contributed by atoms with van der Waals surface area (Å²) in [6.07, 6.45) is 0. The van der Waals surface area contributed by atoms with Gasteiger partial charge in [-0.3, -0.25) is 4.79 Å². The van der Waals surface area contributed by atoms with Crippen molar-refractivity contribution in [2.45, 2.75) is 6.92 Å². The number of aromatic nitrogens is 3. The van der Waals surface area contributed by atoms with Crippen LogP contribution in [0.5, 0.6) is 0 Å². The number of rotatable bonds is 2. The number of carbonyl (C=O) groups excluding carboxylic acids is 1. The smallest absolute Gasteiger partial charge is 0.215 e. The molecule has 88 valence electrons. The molecule has 1 aromatic carbocycles. The van der Waals surface area contributed by atoms with Gasteiger partial charge in [0.25, 0.3) is 0 Å². The lowest BCUT2D eigenvalue weighted by Crippen LogP contribution is -2.09. The van der Waals surface area contributed by atoms with Crippen LogP contribution in [0.1, 0.15) is 21.6 Å². The summed E-state index contributed by atoms with van der Waals surface area (Å²) in [6, 6.07) is 5.60. The molecule has 0 bridgehead atoms. The fraction of sp³-hybridized carbons (Fsp3) is 0.182. The maximum atomic E-state index is 12.3. The molecule has 0 aliphatic carbocycles. The molecule has 0 saturated heterocycles. The first-order valence-corrected chi connectivity index (χ1v) is 6.45. The fourth-order valence-electron chi connectivity index (χ4n) is 1.50. The van der Waals surface area contributed by atoms with E-state index in [4.69, 9.17) is 0 Å². The lowest BCUT2D eigenvalue weighted by Gasteiger charge is -2.04. The Labute approximate surface area is 115 Å². The second-order valence-electron chi connectivity index (χ2n) is 3.66. The van der Waals surface area contributed by atoms with Crippen LogP contribution >= 0.6 is 31.9 Å². The maximum Gasteiger partial charge on any atom is 0.215 e. The number of hydrogen-bond donors (Lipinski definition) is 0. The molecule has 0 atom stereocenters. The number of ketones is 1. The van der Waals surface area contributed by atoms with Crippen LogP contribution in [0.4, 0.5) is 0 Å². The molecule has 17 heavy (non-hydrogen) atoms. The zero-order valence-electron chi connectivity index (χ0n) is 9.24. The zero-order chi connectivity index (χ0) is 12.6. The molecular weight excluding hydrogens is 350 g/mol. The average Bonchev–Trinajstić information content (AvgIpc) is 2.58. The molecule has 2 aromatic rings. The summed E-state index contributed by atoms with van der Waals surface area (Å²) in [6.45, 7) is 1.97. The molecule has 0 spiro atoms. The third-order valence-corrected chi connectivity index (χ3v) is 3.56. The standard InChI is InChI=1S/C11H9Br2N3O/c1-6-3-4-7(8(12)5-6)10(17)9-11(13)14-15-16(9)2/h3-5H,1-2H3. The van der Waals surface area contributed by atoms with Crippen molar-refractivity contribution >= 4 is 37.6 Å². The van der Waals surface area contributed by atoms with Crippen LogP contribution in [0.3, 0.4) is 0 Å². The van der Waals surface area contributed by atoms with Crippen molar-refractivity contribution in [1.82, 2.24) is 15.0 Å². The lowest BCUT2D eigenvalue weighted by atomic mass is 10.1. The van der Waals surface area contributed by atoms with E-state index in [-0.39, 0.29) is 5.78 Å². The first-order chi connectivity index (χ1) is 8.00. The number of nitrogens with zero attached hydrogens (tertiary/aromatic N) is 3. The summed E-state index contributed by atoms with van der Waals surface area (Å²) < 4.78 is 2.69. The molecular formula is C11H9Br2N3O. The van der Waals surface area contributed by atoms with E-state index >= 15 is 0 Å². The van der Waals surface area contributed by atoms with Gasteiger partial charge in [0.1, 0.15) is 5.69 Å². The Morgan fingerprint density at radius 2 is 2.06 bits per heavy atom. The molecule has 0 radical (unpaired) electrons. The van der Waals surface area contributed by atoms with Crippen molar-refractivity contribution < 1.29 is 4.79 Å². The van der Waals surface area contributed by atoms with E-state index in [1.165, 1.54) is 4.68 Å².